The SMILES string of the molecule is CCNC(=O)C1CCN(S(=O)(=O)c2ncccc2F)CC1. The summed E-state index contributed by atoms with van der Waals surface area (Å²) in [6, 6.07) is 2.41. The molecule has 1 aromatic heterocycles. The number of halogens is 1. The molecule has 1 fully saturated rings. The molecule has 21 heavy (non-hydrogen) atoms. The van der Waals surface area contributed by atoms with Crippen LogP contribution in [-0.2, 0) is 14.8 Å². The van der Waals surface area contributed by atoms with E-state index in [0.717, 1.165) is 6.07 Å². The van der Waals surface area contributed by atoms with Gasteiger partial charge >= 0.3 is 0 Å². The average molecular weight is 315 g/mol. The summed E-state index contributed by atoms with van der Waals surface area (Å²) >= 11 is 0. The maximum absolute atomic E-state index is 13.6. The van der Waals surface area contributed by atoms with Gasteiger partial charge < -0.3 is 5.32 Å². The summed E-state index contributed by atoms with van der Waals surface area (Å²) in [4.78, 5) is 15.4. The van der Waals surface area contributed by atoms with Crippen LogP contribution >= 0.6 is 0 Å². The second-order valence-electron chi connectivity index (χ2n) is 4.86. The van der Waals surface area contributed by atoms with E-state index in [2.05, 4.69) is 10.3 Å². The Balaban J connectivity index is 2.08. The van der Waals surface area contributed by atoms with Gasteiger partial charge in [0.15, 0.2) is 5.82 Å². The van der Waals surface area contributed by atoms with Crippen LogP contribution in [0, 0.1) is 11.7 Å². The van der Waals surface area contributed by atoms with E-state index in [9.17, 15) is 17.6 Å². The Kier molecular flexibility index (Phi) is 4.89. The number of rotatable bonds is 4. The third-order valence-corrected chi connectivity index (χ3v) is 5.32. The Morgan fingerprint density at radius 2 is 2.14 bits per heavy atom. The minimum Gasteiger partial charge on any atom is -0.356 e. The molecule has 1 amide bonds. The Bertz CT molecular complexity index is 613. The van der Waals surface area contributed by atoms with Crippen LogP contribution in [0.15, 0.2) is 23.4 Å². The lowest BCUT2D eigenvalue weighted by Crippen LogP contribution is -2.43. The van der Waals surface area contributed by atoms with Gasteiger partial charge in [0, 0.05) is 31.7 Å². The molecule has 1 saturated heterocycles. The van der Waals surface area contributed by atoms with Crippen LogP contribution in [0.5, 0.6) is 0 Å². The summed E-state index contributed by atoms with van der Waals surface area (Å²) in [5, 5.41) is 2.18. The molecule has 6 nitrogen and oxygen atoms in total. The van der Waals surface area contributed by atoms with E-state index < -0.39 is 20.9 Å². The normalized spacial score (nSPS) is 17.6. The first kappa shape index (κ1) is 15.8. The van der Waals surface area contributed by atoms with Crippen molar-refractivity contribution in [1.29, 1.82) is 0 Å². The van der Waals surface area contributed by atoms with Crippen molar-refractivity contribution in [3.8, 4) is 0 Å². The number of sulfonamides is 1. The molecular formula is C13H18FN3O3S. The molecule has 2 rings (SSSR count). The minimum atomic E-state index is -3.94. The van der Waals surface area contributed by atoms with Gasteiger partial charge in [0.1, 0.15) is 0 Å². The average Bonchev–Trinajstić information content (AvgIpc) is 2.48. The Hall–Kier alpha value is -1.54. The first-order valence-corrected chi connectivity index (χ1v) is 8.29. The molecular weight excluding hydrogens is 297 g/mol. The Morgan fingerprint density at radius 1 is 1.48 bits per heavy atom. The van der Waals surface area contributed by atoms with Gasteiger partial charge in [0.25, 0.3) is 10.0 Å². The second kappa shape index (κ2) is 6.48. The number of amides is 1. The van der Waals surface area contributed by atoms with Gasteiger partial charge in [-0.05, 0) is 31.9 Å². The highest BCUT2D eigenvalue weighted by molar-refractivity contribution is 7.89. The van der Waals surface area contributed by atoms with Crippen LogP contribution in [0.4, 0.5) is 4.39 Å². The number of carbonyl (C=O) groups excluding carboxylic acids is 1. The highest BCUT2D eigenvalue weighted by atomic mass is 32.2. The van der Waals surface area contributed by atoms with Crippen molar-refractivity contribution in [3.63, 3.8) is 0 Å². The minimum absolute atomic E-state index is 0.0569. The molecule has 0 unspecified atom stereocenters. The zero-order chi connectivity index (χ0) is 15.5. The first-order chi connectivity index (χ1) is 9.96. The summed E-state index contributed by atoms with van der Waals surface area (Å²) in [6.45, 7) is 2.78. The number of nitrogens with one attached hydrogen (secondary N) is 1. The molecule has 2 heterocycles. The van der Waals surface area contributed by atoms with E-state index >= 15 is 0 Å². The molecule has 0 atom stereocenters. The quantitative estimate of drug-likeness (QED) is 0.889. The Labute approximate surface area is 123 Å². The van der Waals surface area contributed by atoms with Crippen molar-refractivity contribution < 1.29 is 17.6 Å². The summed E-state index contributed by atoms with van der Waals surface area (Å²) in [5.41, 5.74) is 0. The van der Waals surface area contributed by atoms with Crippen molar-refractivity contribution in [2.75, 3.05) is 19.6 Å². The predicted octanol–water partition coefficient (Wildman–Crippen LogP) is 0.758. The van der Waals surface area contributed by atoms with Crippen molar-refractivity contribution in [2.24, 2.45) is 5.92 Å². The van der Waals surface area contributed by atoms with Crippen molar-refractivity contribution in [3.05, 3.63) is 24.1 Å². The predicted molar refractivity (Wildman–Crippen MR) is 74.4 cm³/mol. The highest BCUT2D eigenvalue weighted by Crippen LogP contribution is 2.24. The van der Waals surface area contributed by atoms with E-state index in [1.807, 2.05) is 6.92 Å². The van der Waals surface area contributed by atoms with Crippen LogP contribution in [0.25, 0.3) is 0 Å². The van der Waals surface area contributed by atoms with Crippen LogP contribution in [0.3, 0.4) is 0 Å². The molecule has 0 saturated carbocycles. The Morgan fingerprint density at radius 3 is 2.71 bits per heavy atom. The maximum Gasteiger partial charge on any atom is 0.263 e. The van der Waals surface area contributed by atoms with E-state index in [1.165, 1.54) is 16.6 Å². The fourth-order valence-electron chi connectivity index (χ4n) is 2.36. The highest BCUT2D eigenvalue weighted by Gasteiger charge is 2.34. The number of hydrogen-bond acceptors (Lipinski definition) is 4. The third kappa shape index (κ3) is 3.38. The summed E-state index contributed by atoms with van der Waals surface area (Å²) in [5.74, 6) is -1.10. The fourth-order valence-corrected chi connectivity index (χ4v) is 3.80. The van der Waals surface area contributed by atoms with Crippen LogP contribution < -0.4 is 5.32 Å². The topological polar surface area (TPSA) is 79.4 Å². The number of pyridine rings is 1. The van der Waals surface area contributed by atoms with Gasteiger partial charge in [-0.2, -0.15) is 4.31 Å². The van der Waals surface area contributed by atoms with Crippen molar-refractivity contribution >= 4 is 15.9 Å². The summed E-state index contributed by atoms with van der Waals surface area (Å²) < 4.78 is 39.5. The third-order valence-electron chi connectivity index (χ3n) is 3.48. The van der Waals surface area contributed by atoms with Crippen LogP contribution in [-0.4, -0.2) is 43.2 Å². The molecule has 1 N–H and O–H groups in total. The summed E-state index contributed by atoms with van der Waals surface area (Å²) in [6.07, 6.45) is 2.11. The number of carbonyl (C=O) groups is 1. The number of nitrogens with zero attached hydrogens (tertiary/aromatic N) is 2. The van der Waals surface area contributed by atoms with Gasteiger partial charge in [0.2, 0.25) is 10.9 Å². The maximum atomic E-state index is 13.6. The molecule has 1 aromatic rings. The zero-order valence-corrected chi connectivity index (χ0v) is 12.6. The largest absolute Gasteiger partial charge is 0.356 e. The van der Waals surface area contributed by atoms with Gasteiger partial charge in [-0.25, -0.2) is 17.8 Å². The molecule has 1 aliphatic heterocycles. The fraction of sp³-hybridized carbons (Fsp3) is 0.538. The number of piperidine rings is 1. The molecule has 1 aliphatic rings. The standard InChI is InChI=1S/C13H18FN3O3S/c1-2-15-12(18)10-5-8-17(9-6-10)21(19,20)13-11(14)4-3-7-16-13/h3-4,7,10H,2,5-6,8-9H2,1H3,(H,15,18). The van der Waals surface area contributed by atoms with Crippen LogP contribution in [0.2, 0.25) is 0 Å². The molecule has 0 radical (unpaired) electrons. The van der Waals surface area contributed by atoms with E-state index in [4.69, 9.17) is 0 Å². The van der Waals surface area contributed by atoms with Crippen molar-refractivity contribution in [1.82, 2.24) is 14.6 Å². The van der Waals surface area contributed by atoms with Crippen molar-refractivity contribution in [2.45, 2.75) is 24.8 Å². The van der Waals surface area contributed by atoms with E-state index in [1.54, 1.807) is 0 Å². The molecule has 0 aromatic carbocycles. The van der Waals surface area contributed by atoms with Gasteiger partial charge in [0.05, 0.1) is 0 Å². The molecule has 0 bridgehead atoms. The van der Waals surface area contributed by atoms with Crippen LogP contribution in [0.1, 0.15) is 19.8 Å². The smallest absolute Gasteiger partial charge is 0.263 e. The lowest BCUT2D eigenvalue weighted by atomic mass is 9.97. The lowest BCUT2D eigenvalue weighted by Gasteiger charge is -2.30. The molecule has 0 spiro atoms. The molecule has 0 aliphatic carbocycles. The van der Waals surface area contributed by atoms with Gasteiger partial charge in [-0.1, -0.05) is 0 Å². The van der Waals surface area contributed by atoms with Gasteiger partial charge in [-0.3, -0.25) is 4.79 Å². The molecule has 8 heteroatoms. The lowest BCUT2D eigenvalue weighted by molar-refractivity contribution is -0.126. The summed E-state index contributed by atoms with van der Waals surface area (Å²) in [7, 11) is -3.94. The first-order valence-electron chi connectivity index (χ1n) is 6.85. The molecule has 116 valence electrons. The number of aromatic nitrogens is 1. The second-order valence-corrected chi connectivity index (χ2v) is 6.72. The zero-order valence-electron chi connectivity index (χ0n) is 11.8. The number of hydrogen-bond donors (Lipinski definition) is 1. The van der Waals surface area contributed by atoms with E-state index in [-0.39, 0.29) is 24.9 Å². The monoisotopic (exact) mass is 315 g/mol. The van der Waals surface area contributed by atoms with E-state index in [0.29, 0.717) is 19.4 Å². The van der Waals surface area contributed by atoms with Gasteiger partial charge in [-0.15, -0.1) is 0 Å².